The number of anilines is 1. The highest BCUT2D eigenvalue weighted by molar-refractivity contribution is 9.10. The van der Waals surface area contributed by atoms with Gasteiger partial charge in [-0.15, -0.1) is 0 Å². The summed E-state index contributed by atoms with van der Waals surface area (Å²) in [5, 5.41) is 2.88. The summed E-state index contributed by atoms with van der Waals surface area (Å²) in [4.78, 5) is 0. The molecule has 2 rings (SSSR count). The molecule has 0 unspecified atom stereocenters. The summed E-state index contributed by atoms with van der Waals surface area (Å²) in [6.45, 7) is 0.186. The van der Waals surface area contributed by atoms with Gasteiger partial charge in [0.1, 0.15) is 5.82 Å². The molecule has 0 spiro atoms. The number of benzene rings is 2. The number of rotatable bonds is 3. The van der Waals surface area contributed by atoms with Crippen LogP contribution in [-0.2, 0) is 12.7 Å². The Morgan fingerprint density at radius 1 is 1.05 bits per heavy atom. The number of hydrogen-bond acceptors (Lipinski definition) is 1. The quantitative estimate of drug-likeness (QED) is 0.750. The lowest BCUT2D eigenvalue weighted by Gasteiger charge is -2.10. The highest BCUT2D eigenvalue weighted by Crippen LogP contribution is 2.29. The lowest BCUT2D eigenvalue weighted by Crippen LogP contribution is -2.07. The van der Waals surface area contributed by atoms with Crippen LogP contribution >= 0.6 is 15.9 Å². The first kappa shape index (κ1) is 14.8. The molecule has 0 aliphatic rings. The van der Waals surface area contributed by atoms with E-state index in [-0.39, 0.29) is 6.54 Å². The van der Waals surface area contributed by atoms with E-state index in [0.717, 1.165) is 12.1 Å². The van der Waals surface area contributed by atoms with Crippen molar-refractivity contribution in [1.29, 1.82) is 0 Å². The van der Waals surface area contributed by atoms with Gasteiger partial charge in [0, 0.05) is 12.2 Å². The third-order valence-electron chi connectivity index (χ3n) is 2.67. The number of nitrogens with one attached hydrogen (secondary N) is 1. The lowest BCUT2D eigenvalue weighted by molar-refractivity contribution is -0.137. The molecule has 0 aliphatic heterocycles. The summed E-state index contributed by atoms with van der Waals surface area (Å²) in [6.07, 6.45) is -4.36. The van der Waals surface area contributed by atoms with Crippen LogP contribution in [0.15, 0.2) is 46.9 Å². The highest BCUT2D eigenvalue weighted by Gasteiger charge is 2.30. The van der Waals surface area contributed by atoms with E-state index in [2.05, 4.69) is 21.2 Å². The van der Waals surface area contributed by atoms with Crippen molar-refractivity contribution in [2.75, 3.05) is 5.32 Å². The van der Waals surface area contributed by atoms with E-state index in [1.54, 1.807) is 12.1 Å². The second kappa shape index (κ2) is 5.83. The summed E-state index contributed by atoms with van der Waals surface area (Å²) in [7, 11) is 0. The van der Waals surface area contributed by atoms with E-state index in [9.17, 15) is 17.6 Å². The summed E-state index contributed by atoms with van der Waals surface area (Å²) in [6, 6.07) is 9.47. The molecular weight excluding hydrogens is 338 g/mol. The molecule has 0 saturated carbocycles. The molecule has 6 heteroatoms. The Hall–Kier alpha value is -1.56. The molecule has 1 N–H and O–H groups in total. The van der Waals surface area contributed by atoms with Crippen LogP contribution < -0.4 is 5.32 Å². The molecule has 2 aromatic rings. The Morgan fingerprint density at radius 2 is 1.80 bits per heavy atom. The highest BCUT2D eigenvalue weighted by atomic mass is 79.9. The van der Waals surface area contributed by atoms with Gasteiger partial charge in [0.05, 0.1) is 10.0 Å². The molecule has 0 amide bonds. The first-order valence-electron chi connectivity index (χ1n) is 5.71. The van der Waals surface area contributed by atoms with E-state index < -0.39 is 17.6 Å². The molecule has 0 radical (unpaired) electrons. The Morgan fingerprint density at radius 3 is 2.45 bits per heavy atom. The van der Waals surface area contributed by atoms with Gasteiger partial charge in [-0.2, -0.15) is 13.2 Å². The second-order valence-electron chi connectivity index (χ2n) is 4.18. The topological polar surface area (TPSA) is 12.0 Å². The van der Waals surface area contributed by atoms with Crippen LogP contribution in [-0.4, -0.2) is 0 Å². The zero-order valence-electron chi connectivity index (χ0n) is 10.1. The number of hydrogen-bond donors (Lipinski definition) is 1. The Balaban J connectivity index is 2.09. The van der Waals surface area contributed by atoms with E-state index in [0.29, 0.717) is 15.7 Å². The molecule has 1 nitrogen and oxygen atoms in total. The number of alkyl halides is 3. The lowest BCUT2D eigenvalue weighted by atomic mass is 10.1. The SMILES string of the molecule is Fc1cc(NCc2cccc(C(F)(F)F)c2)ccc1Br. The van der Waals surface area contributed by atoms with Crippen molar-refractivity contribution in [3.63, 3.8) is 0 Å². The summed E-state index contributed by atoms with van der Waals surface area (Å²) < 4.78 is 51.3. The first-order chi connectivity index (χ1) is 9.36. The van der Waals surface area contributed by atoms with Crippen molar-refractivity contribution in [2.24, 2.45) is 0 Å². The van der Waals surface area contributed by atoms with Gasteiger partial charge in [-0.1, -0.05) is 12.1 Å². The van der Waals surface area contributed by atoms with Crippen LogP contribution in [0.3, 0.4) is 0 Å². The van der Waals surface area contributed by atoms with Crippen molar-refractivity contribution in [2.45, 2.75) is 12.7 Å². The molecule has 0 atom stereocenters. The number of halogens is 5. The molecule has 0 bridgehead atoms. The Labute approximate surface area is 121 Å². The van der Waals surface area contributed by atoms with E-state index >= 15 is 0 Å². The summed E-state index contributed by atoms with van der Waals surface area (Å²) in [5.41, 5.74) is 0.282. The summed E-state index contributed by atoms with van der Waals surface area (Å²) >= 11 is 3.03. The Bertz CT molecular complexity index is 610. The molecule has 0 fully saturated rings. The van der Waals surface area contributed by atoms with Gasteiger partial charge in [0.2, 0.25) is 0 Å². The van der Waals surface area contributed by atoms with Crippen molar-refractivity contribution in [1.82, 2.24) is 0 Å². The zero-order chi connectivity index (χ0) is 14.8. The predicted octanol–water partition coefficient (Wildman–Crippen LogP) is 5.22. The zero-order valence-corrected chi connectivity index (χ0v) is 11.7. The minimum Gasteiger partial charge on any atom is -0.381 e. The molecule has 0 heterocycles. The van der Waals surface area contributed by atoms with Crippen molar-refractivity contribution < 1.29 is 17.6 Å². The molecule has 0 aliphatic carbocycles. The van der Waals surface area contributed by atoms with Gasteiger partial charge >= 0.3 is 6.18 Å². The van der Waals surface area contributed by atoms with Crippen LogP contribution in [0.5, 0.6) is 0 Å². The molecule has 0 aromatic heterocycles. The minimum atomic E-state index is -4.36. The summed E-state index contributed by atoms with van der Waals surface area (Å²) in [5.74, 6) is -0.431. The van der Waals surface area contributed by atoms with Crippen molar-refractivity contribution in [3.8, 4) is 0 Å². The van der Waals surface area contributed by atoms with E-state index in [1.165, 1.54) is 18.2 Å². The fourth-order valence-corrected chi connectivity index (χ4v) is 1.91. The smallest absolute Gasteiger partial charge is 0.381 e. The average molecular weight is 348 g/mol. The Kier molecular flexibility index (Phi) is 4.32. The van der Waals surface area contributed by atoms with Crippen LogP contribution in [0.25, 0.3) is 0 Å². The molecule has 106 valence electrons. The fourth-order valence-electron chi connectivity index (χ4n) is 1.67. The molecule has 0 saturated heterocycles. The maximum atomic E-state index is 13.3. The van der Waals surface area contributed by atoms with Gasteiger partial charge in [-0.25, -0.2) is 4.39 Å². The van der Waals surface area contributed by atoms with Crippen LogP contribution in [0.2, 0.25) is 0 Å². The van der Waals surface area contributed by atoms with Gasteiger partial charge in [-0.05, 0) is 51.8 Å². The normalized spacial score (nSPS) is 11.4. The van der Waals surface area contributed by atoms with Gasteiger partial charge in [0.15, 0.2) is 0 Å². The van der Waals surface area contributed by atoms with Gasteiger partial charge in [-0.3, -0.25) is 0 Å². The maximum Gasteiger partial charge on any atom is 0.416 e. The third kappa shape index (κ3) is 3.72. The largest absolute Gasteiger partial charge is 0.416 e. The molecule has 20 heavy (non-hydrogen) atoms. The van der Waals surface area contributed by atoms with Crippen LogP contribution in [0.4, 0.5) is 23.2 Å². The fraction of sp³-hybridized carbons (Fsp3) is 0.143. The van der Waals surface area contributed by atoms with Gasteiger partial charge in [0.25, 0.3) is 0 Å². The monoisotopic (exact) mass is 347 g/mol. The van der Waals surface area contributed by atoms with Gasteiger partial charge < -0.3 is 5.32 Å². The molecular formula is C14H10BrF4N. The van der Waals surface area contributed by atoms with Crippen LogP contribution in [0, 0.1) is 5.82 Å². The van der Waals surface area contributed by atoms with Crippen LogP contribution in [0.1, 0.15) is 11.1 Å². The van der Waals surface area contributed by atoms with E-state index in [1.807, 2.05) is 0 Å². The average Bonchev–Trinajstić information content (AvgIpc) is 2.39. The second-order valence-corrected chi connectivity index (χ2v) is 5.03. The third-order valence-corrected chi connectivity index (χ3v) is 3.31. The maximum absolute atomic E-state index is 13.3. The van der Waals surface area contributed by atoms with E-state index in [4.69, 9.17) is 0 Å². The minimum absolute atomic E-state index is 0.186. The standard InChI is InChI=1S/C14H10BrF4N/c15-12-5-4-11(7-13(12)16)20-8-9-2-1-3-10(6-9)14(17,18)19/h1-7,20H,8H2. The van der Waals surface area contributed by atoms with Crippen molar-refractivity contribution in [3.05, 3.63) is 63.9 Å². The molecule has 2 aromatic carbocycles. The van der Waals surface area contributed by atoms with Crippen molar-refractivity contribution >= 4 is 21.6 Å². The first-order valence-corrected chi connectivity index (χ1v) is 6.50. The predicted molar refractivity (Wildman–Crippen MR) is 72.9 cm³/mol.